The molecule has 0 atom stereocenters. The molecule has 0 saturated carbocycles. The highest BCUT2D eigenvalue weighted by Crippen LogP contribution is 2.27. The van der Waals surface area contributed by atoms with Crippen molar-refractivity contribution in [2.24, 2.45) is 5.73 Å². The lowest BCUT2D eigenvalue weighted by atomic mass is 10.1. The number of nitrogens with zero attached hydrogens (tertiary/aromatic N) is 2. The van der Waals surface area contributed by atoms with E-state index in [1.807, 2.05) is 24.3 Å². The Kier molecular flexibility index (Phi) is 3.96. The van der Waals surface area contributed by atoms with Crippen molar-refractivity contribution in [3.63, 3.8) is 0 Å². The minimum absolute atomic E-state index is 0.225. The van der Waals surface area contributed by atoms with Gasteiger partial charge in [-0.25, -0.2) is 9.97 Å². The first-order valence-electron chi connectivity index (χ1n) is 5.53. The quantitative estimate of drug-likeness (QED) is 0.782. The van der Waals surface area contributed by atoms with Crippen molar-refractivity contribution in [1.29, 1.82) is 0 Å². The van der Waals surface area contributed by atoms with Gasteiger partial charge >= 0.3 is 0 Å². The van der Waals surface area contributed by atoms with Gasteiger partial charge in [-0.3, -0.25) is 0 Å². The summed E-state index contributed by atoms with van der Waals surface area (Å²) in [7, 11) is 0. The smallest absolute Gasteiger partial charge is 0.220 e. The van der Waals surface area contributed by atoms with E-state index in [0.717, 1.165) is 16.9 Å². The maximum atomic E-state index is 5.98. The number of nitrogen functional groups attached to an aromatic ring is 1. The van der Waals surface area contributed by atoms with E-state index in [1.165, 1.54) is 0 Å². The molecule has 0 aliphatic carbocycles. The van der Waals surface area contributed by atoms with E-state index in [4.69, 9.17) is 23.1 Å². The average molecular weight is 264 g/mol. The fraction of sp³-hybridized carbons (Fsp3) is 0.167. The van der Waals surface area contributed by atoms with Gasteiger partial charge in [-0.15, -0.1) is 0 Å². The van der Waals surface area contributed by atoms with Crippen molar-refractivity contribution >= 4 is 23.2 Å². The lowest BCUT2D eigenvalue weighted by molar-refractivity contribution is 1.02. The highest BCUT2D eigenvalue weighted by atomic mass is 35.5. The zero-order chi connectivity index (χ0) is 13.0. The van der Waals surface area contributed by atoms with E-state index >= 15 is 0 Å². The first-order valence-corrected chi connectivity index (χ1v) is 5.91. The van der Waals surface area contributed by atoms with E-state index in [9.17, 15) is 0 Å². The predicted molar refractivity (Wildman–Crippen MR) is 74.4 cm³/mol. The molecule has 0 fully saturated rings. The Morgan fingerprint density at radius 2 is 2.17 bits per heavy atom. The van der Waals surface area contributed by atoms with Crippen LogP contribution in [0.3, 0.4) is 0 Å². The topological polar surface area (TPSA) is 89.8 Å². The van der Waals surface area contributed by atoms with E-state index in [1.54, 1.807) is 6.20 Å². The largest absolute Gasteiger partial charge is 0.381 e. The minimum atomic E-state index is 0.225. The molecule has 0 spiro atoms. The molecule has 18 heavy (non-hydrogen) atoms. The number of halogens is 1. The zero-order valence-electron chi connectivity index (χ0n) is 9.73. The van der Waals surface area contributed by atoms with Gasteiger partial charge in [-0.2, -0.15) is 0 Å². The van der Waals surface area contributed by atoms with Gasteiger partial charge in [-0.1, -0.05) is 23.7 Å². The van der Waals surface area contributed by atoms with Crippen LogP contribution in [0.25, 0.3) is 11.3 Å². The van der Waals surface area contributed by atoms with Gasteiger partial charge in [0, 0.05) is 23.7 Å². The van der Waals surface area contributed by atoms with E-state index in [0.29, 0.717) is 18.1 Å². The van der Waals surface area contributed by atoms with Crippen LogP contribution in [0.1, 0.15) is 0 Å². The predicted octanol–water partition coefficient (Wildman–Crippen LogP) is 1.75. The van der Waals surface area contributed by atoms with E-state index in [-0.39, 0.29) is 5.95 Å². The highest BCUT2D eigenvalue weighted by Gasteiger charge is 2.08. The molecule has 1 aromatic carbocycles. The molecule has 0 radical (unpaired) electrons. The lowest BCUT2D eigenvalue weighted by Gasteiger charge is -2.10. The number of rotatable bonds is 4. The normalized spacial score (nSPS) is 10.3. The van der Waals surface area contributed by atoms with Gasteiger partial charge in [0.25, 0.3) is 0 Å². The van der Waals surface area contributed by atoms with Crippen LogP contribution in [-0.4, -0.2) is 23.1 Å². The standard InChI is InChI=1S/C12H14ClN5/c13-9-3-1-2-8(6-9)11-10(16-5-4-14)7-17-12(15)18-11/h1-3,6-7,16H,4-5,14H2,(H2,15,17,18). The number of hydrogen-bond acceptors (Lipinski definition) is 5. The summed E-state index contributed by atoms with van der Waals surface area (Å²) < 4.78 is 0. The summed E-state index contributed by atoms with van der Waals surface area (Å²) in [6.07, 6.45) is 1.65. The molecule has 1 aromatic heterocycles. The minimum Gasteiger partial charge on any atom is -0.381 e. The Bertz CT molecular complexity index is 544. The van der Waals surface area contributed by atoms with Crippen LogP contribution in [0.4, 0.5) is 11.6 Å². The summed E-state index contributed by atoms with van der Waals surface area (Å²) >= 11 is 5.98. The highest BCUT2D eigenvalue weighted by molar-refractivity contribution is 6.30. The molecule has 0 unspecified atom stereocenters. The van der Waals surface area contributed by atoms with Crippen LogP contribution in [0, 0.1) is 0 Å². The SMILES string of the molecule is NCCNc1cnc(N)nc1-c1cccc(Cl)c1. The molecule has 0 aliphatic rings. The van der Waals surface area contributed by atoms with Gasteiger partial charge in [-0.05, 0) is 12.1 Å². The van der Waals surface area contributed by atoms with Crippen molar-refractivity contribution in [1.82, 2.24) is 9.97 Å². The number of nitrogens with one attached hydrogen (secondary N) is 1. The summed E-state index contributed by atoms with van der Waals surface area (Å²) in [4.78, 5) is 8.21. The third-order valence-electron chi connectivity index (χ3n) is 2.37. The lowest BCUT2D eigenvalue weighted by Crippen LogP contribution is -2.14. The number of aromatic nitrogens is 2. The van der Waals surface area contributed by atoms with Crippen molar-refractivity contribution in [3.05, 3.63) is 35.5 Å². The van der Waals surface area contributed by atoms with Crippen LogP contribution in [0.5, 0.6) is 0 Å². The molecular weight excluding hydrogens is 250 g/mol. The third-order valence-corrected chi connectivity index (χ3v) is 2.60. The van der Waals surface area contributed by atoms with Gasteiger partial charge in [0.2, 0.25) is 5.95 Å². The maximum Gasteiger partial charge on any atom is 0.220 e. The van der Waals surface area contributed by atoms with Gasteiger partial charge < -0.3 is 16.8 Å². The first-order chi connectivity index (χ1) is 8.70. The molecule has 2 rings (SSSR count). The molecule has 0 saturated heterocycles. The maximum absolute atomic E-state index is 5.98. The third kappa shape index (κ3) is 2.88. The van der Waals surface area contributed by atoms with Gasteiger partial charge in [0.1, 0.15) is 0 Å². The van der Waals surface area contributed by atoms with Crippen molar-refractivity contribution in [2.75, 3.05) is 24.1 Å². The van der Waals surface area contributed by atoms with Gasteiger partial charge in [0.05, 0.1) is 17.6 Å². The number of hydrogen-bond donors (Lipinski definition) is 3. The number of nitrogens with two attached hydrogens (primary N) is 2. The summed E-state index contributed by atoms with van der Waals surface area (Å²) in [6, 6.07) is 7.42. The molecular formula is C12H14ClN5. The van der Waals surface area contributed by atoms with Crippen LogP contribution < -0.4 is 16.8 Å². The summed E-state index contributed by atoms with van der Waals surface area (Å²) in [5.41, 5.74) is 13.5. The summed E-state index contributed by atoms with van der Waals surface area (Å²) in [6.45, 7) is 1.17. The molecule has 6 heteroatoms. The van der Waals surface area contributed by atoms with Crippen LogP contribution in [0.15, 0.2) is 30.5 Å². The summed E-state index contributed by atoms with van der Waals surface area (Å²) in [5, 5.41) is 3.81. The molecule has 2 aromatic rings. The zero-order valence-corrected chi connectivity index (χ0v) is 10.5. The second kappa shape index (κ2) is 5.66. The molecule has 0 aliphatic heterocycles. The van der Waals surface area contributed by atoms with Gasteiger partial charge in [0.15, 0.2) is 0 Å². The monoisotopic (exact) mass is 263 g/mol. The second-order valence-corrected chi connectivity index (χ2v) is 4.15. The van der Waals surface area contributed by atoms with Crippen molar-refractivity contribution in [3.8, 4) is 11.3 Å². The Balaban J connectivity index is 2.44. The van der Waals surface area contributed by atoms with Crippen LogP contribution >= 0.6 is 11.6 Å². The van der Waals surface area contributed by atoms with Crippen LogP contribution in [0.2, 0.25) is 5.02 Å². The average Bonchev–Trinajstić information content (AvgIpc) is 2.37. The van der Waals surface area contributed by atoms with Crippen LogP contribution in [-0.2, 0) is 0 Å². The molecule has 1 heterocycles. The van der Waals surface area contributed by atoms with E-state index in [2.05, 4.69) is 15.3 Å². The Morgan fingerprint density at radius 3 is 2.89 bits per heavy atom. The Labute approximate surface area is 110 Å². The fourth-order valence-electron chi connectivity index (χ4n) is 1.59. The molecule has 5 N–H and O–H groups in total. The van der Waals surface area contributed by atoms with Crippen molar-refractivity contribution < 1.29 is 0 Å². The Hall–Kier alpha value is -1.85. The second-order valence-electron chi connectivity index (χ2n) is 3.72. The fourth-order valence-corrected chi connectivity index (χ4v) is 1.78. The first kappa shape index (κ1) is 12.6. The number of benzene rings is 1. The summed E-state index contributed by atoms with van der Waals surface area (Å²) in [5.74, 6) is 0.225. The molecule has 94 valence electrons. The molecule has 0 bridgehead atoms. The molecule has 0 amide bonds. The molecule has 5 nitrogen and oxygen atoms in total. The van der Waals surface area contributed by atoms with Crippen molar-refractivity contribution in [2.45, 2.75) is 0 Å². The Morgan fingerprint density at radius 1 is 1.33 bits per heavy atom. The number of anilines is 2. The van der Waals surface area contributed by atoms with E-state index < -0.39 is 0 Å².